The number of aryl methyl sites for hydroxylation is 3. The van der Waals surface area contributed by atoms with E-state index in [0.717, 1.165) is 28.5 Å². The molecule has 3 rings (SSSR count). The molecule has 1 atom stereocenters. The highest BCUT2D eigenvalue weighted by Gasteiger charge is 2.33. The van der Waals surface area contributed by atoms with Gasteiger partial charge in [0.25, 0.3) is 0 Å². The molecule has 0 aromatic carbocycles. The Labute approximate surface area is 172 Å². The molecular weight excluding hydrogens is 368 g/mol. The maximum Gasteiger partial charge on any atom is 0.410 e. The molecule has 7 nitrogen and oxygen atoms in total. The Balaban J connectivity index is 1.78. The van der Waals surface area contributed by atoms with Crippen molar-refractivity contribution in [1.29, 1.82) is 0 Å². The van der Waals surface area contributed by atoms with E-state index in [-0.39, 0.29) is 18.7 Å². The monoisotopic (exact) mass is 400 g/mol. The average molecular weight is 401 g/mol. The molecule has 0 unspecified atom stereocenters. The van der Waals surface area contributed by atoms with Gasteiger partial charge < -0.3 is 19.3 Å². The van der Waals surface area contributed by atoms with E-state index >= 15 is 0 Å². The summed E-state index contributed by atoms with van der Waals surface area (Å²) in [6, 6.07) is 5.94. The molecule has 1 amide bonds. The normalized spacial score (nSPS) is 17.6. The third-order valence-corrected chi connectivity index (χ3v) is 5.23. The fourth-order valence-corrected chi connectivity index (χ4v) is 3.81. The van der Waals surface area contributed by atoms with Gasteiger partial charge in [-0.1, -0.05) is 0 Å². The lowest BCUT2D eigenvalue weighted by molar-refractivity contribution is 0.00704. The van der Waals surface area contributed by atoms with Crippen LogP contribution in [-0.2, 0) is 4.74 Å². The third-order valence-electron chi connectivity index (χ3n) is 5.23. The number of amides is 1. The number of aliphatic hydroxyl groups excluding tert-OH is 1. The van der Waals surface area contributed by atoms with E-state index < -0.39 is 5.60 Å². The molecule has 0 bridgehead atoms. The molecule has 1 aliphatic heterocycles. The number of carbonyl (C=O) groups excluding carboxylic acids is 1. The van der Waals surface area contributed by atoms with Crippen molar-refractivity contribution in [2.24, 2.45) is 0 Å². The van der Waals surface area contributed by atoms with Crippen molar-refractivity contribution < 1.29 is 14.6 Å². The molecule has 1 N–H and O–H groups in total. The molecule has 3 heterocycles. The standard InChI is InChI=1S/C22H32N4O3/c1-15-11-20(26-16(2)7-8-17(26)3)23-12-19(15)24-9-10-25(18(13-24)14-27)21(28)29-22(4,5)6/h7-8,11-12,18,27H,9-10,13-14H2,1-6H3/t18-/m1/s1. The second kappa shape index (κ2) is 8.06. The van der Waals surface area contributed by atoms with Crippen molar-refractivity contribution in [1.82, 2.24) is 14.5 Å². The van der Waals surface area contributed by atoms with Crippen LogP contribution in [0.2, 0.25) is 0 Å². The topological polar surface area (TPSA) is 70.8 Å². The minimum absolute atomic E-state index is 0.109. The van der Waals surface area contributed by atoms with E-state index in [1.54, 1.807) is 4.90 Å². The fourth-order valence-electron chi connectivity index (χ4n) is 3.81. The van der Waals surface area contributed by atoms with E-state index in [0.29, 0.717) is 19.6 Å². The van der Waals surface area contributed by atoms with Gasteiger partial charge in [0.15, 0.2) is 0 Å². The zero-order chi connectivity index (χ0) is 21.3. The average Bonchev–Trinajstić information content (AvgIpc) is 2.98. The van der Waals surface area contributed by atoms with E-state index in [1.807, 2.05) is 27.0 Å². The van der Waals surface area contributed by atoms with E-state index in [9.17, 15) is 9.90 Å². The summed E-state index contributed by atoms with van der Waals surface area (Å²) in [5.74, 6) is 0.900. The first-order valence-corrected chi connectivity index (χ1v) is 10.1. The molecule has 7 heteroatoms. The van der Waals surface area contributed by atoms with Gasteiger partial charge in [-0.25, -0.2) is 9.78 Å². The number of hydrogen-bond donors (Lipinski definition) is 1. The lowest BCUT2D eigenvalue weighted by Crippen LogP contribution is -2.57. The second-order valence-corrected chi connectivity index (χ2v) is 8.74. The smallest absolute Gasteiger partial charge is 0.410 e. The highest BCUT2D eigenvalue weighted by molar-refractivity contribution is 5.69. The van der Waals surface area contributed by atoms with Crippen molar-refractivity contribution in [3.05, 3.63) is 41.3 Å². The number of piperazine rings is 1. The van der Waals surface area contributed by atoms with Crippen LogP contribution in [0.15, 0.2) is 24.4 Å². The van der Waals surface area contributed by atoms with Crippen LogP contribution in [-0.4, -0.2) is 63.5 Å². The molecule has 2 aromatic rings. The van der Waals surface area contributed by atoms with Crippen LogP contribution < -0.4 is 4.90 Å². The van der Waals surface area contributed by atoms with Crippen LogP contribution in [0.4, 0.5) is 10.5 Å². The molecule has 2 aromatic heterocycles. The van der Waals surface area contributed by atoms with Gasteiger partial charge >= 0.3 is 6.09 Å². The summed E-state index contributed by atoms with van der Waals surface area (Å²) >= 11 is 0. The van der Waals surface area contributed by atoms with Gasteiger partial charge in [0.05, 0.1) is 24.5 Å². The van der Waals surface area contributed by atoms with Gasteiger partial charge in [0.1, 0.15) is 11.4 Å². The third kappa shape index (κ3) is 4.56. The molecular formula is C22H32N4O3. The van der Waals surface area contributed by atoms with Gasteiger partial charge in [-0.3, -0.25) is 4.90 Å². The summed E-state index contributed by atoms with van der Waals surface area (Å²) in [4.78, 5) is 21.0. The van der Waals surface area contributed by atoms with Crippen molar-refractivity contribution >= 4 is 11.8 Å². The van der Waals surface area contributed by atoms with Crippen LogP contribution in [0, 0.1) is 20.8 Å². The predicted molar refractivity (Wildman–Crippen MR) is 114 cm³/mol. The van der Waals surface area contributed by atoms with E-state index in [4.69, 9.17) is 4.74 Å². The molecule has 0 spiro atoms. The quantitative estimate of drug-likeness (QED) is 0.857. The first kappa shape index (κ1) is 21.2. The van der Waals surface area contributed by atoms with Gasteiger partial charge in [-0.15, -0.1) is 0 Å². The van der Waals surface area contributed by atoms with Crippen molar-refractivity contribution in [3.8, 4) is 5.82 Å². The summed E-state index contributed by atoms with van der Waals surface area (Å²) in [5, 5.41) is 9.88. The molecule has 0 saturated carbocycles. The molecule has 1 saturated heterocycles. The highest BCUT2D eigenvalue weighted by Crippen LogP contribution is 2.26. The molecule has 0 aliphatic carbocycles. The number of aromatic nitrogens is 2. The molecule has 158 valence electrons. The minimum Gasteiger partial charge on any atom is -0.444 e. The van der Waals surface area contributed by atoms with Crippen LogP contribution in [0.25, 0.3) is 5.82 Å². The van der Waals surface area contributed by atoms with Gasteiger partial charge in [0.2, 0.25) is 0 Å². The Hall–Kier alpha value is -2.54. The Kier molecular flexibility index (Phi) is 5.89. The van der Waals surface area contributed by atoms with Gasteiger partial charge in [-0.05, 0) is 65.3 Å². The number of hydrogen-bond acceptors (Lipinski definition) is 5. The lowest BCUT2D eigenvalue weighted by atomic mass is 10.1. The second-order valence-electron chi connectivity index (χ2n) is 8.74. The first-order chi connectivity index (χ1) is 13.6. The summed E-state index contributed by atoms with van der Waals surface area (Å²) in [6.07, 6.45) is 1.51. The summed E-state index contributed by atoms with van der Waals surface area (Å²) in [6.45, 7) is 13.3. The van der Waals surface area contributed by atoms with E-state index in [2.05, 4.69) is 53.4 Å². The number of ether oxygens (including phenoxy) is 1. The van der Waals surface area contributed by atoms with Crippen molar-refractivity contribution in [2.45, 2.75) is 53.2 Å². The van der Waals surface area contributed by atoms with Gasteiger partial charge in [-0.2, -0.15) is 0 Å². The lowest BCUT2D eigenvalue weighted by Gasteiger charge is -2.42. The van der Waals surface area contributed by atoms with E-state index in [1.165, 1.54) is 0 Å². The van der Waals surface area contributed by atoms with Crippen molar-refractivity contribution in [3.63, 3.8) is 0 Å². The van der Waals surface area contributed by atoms with Crippen LogP contribution in [0.5, 0.6) is 0 Å². The number of aliphatic hydroxyl groups is 1. The highest BCUT2D eigenvalue weighted by atomic mass is 16.6. The largest absolute Gasteiger partial charge is 0.444 e. The number of anilines is 1. The predicted octanol–water partition coefficient (Wildman–Crippen LogP) is 3.22. The zero-order valence-electron chi connectivity index (χ0n) is 18.3. The van der Waals surface area contributed by atoms with Crippen LogP contribution >= 0.6 is 0 Å². The van der Waals surface area contributed by atoms with Crippen LogP contribution in [0.1, 0.15) is 37.7 Å². The summed E-state index contributed by atoms with van der Waals surface area (Å²) in [7, 11) is 0. The van der Waals surface area contributed by atoms with Crippen molar-refractivity contribution in [2.75, 3.05) is 31.1 Å². The Morgan fingerprint density at radius 2 is 1.86 bits per heavy atom. The Morgan fingerprint density at radius 3 is 2.41 bits per heavy atom. The molecule has 29 heavy (non-hydrogen) atoms. The number of rotatable bonds is 3. The minimum atomic E-state index is -0.556. The first-order valence-electron chi connectivity index (χ1n) is 10.1. The van der Waals surface area contributed by atoms with Crippen LogP contribution in [0.3, 0.4) is 0 Å². The number of pyridine rings is 1. The maximum atomic E-state index is 12.5. The Morgan fingerprint density at radius 1 is 1.21 bits per heavy atom. The fraction of sp³-hybridized carbons (Fsp3) is 0.545. The number of nitrogens with zero attached hydrogens (tertiary/aromatic N) is 4. The van der Waals surface area contributed by atoms with Gasteiger partial charge in [0, 0.05) is 31.0 Å². The SMILES string of the molecule is Cc1cc(-n2c(C)ccc2C)ncc1N1CCN(C(=O)OC(C)(C)C)[C@@H](CO)C1. The number of carbonyl (C=O) groups is 1. The Bertz CT molecular complexity index is 865. The maximum absolute atomic E-state index is 12.5. The zero-order valence-corrected chi connectivity index (χ0v) is 18.3. The molecule has 1 fully saturated rings. The summed E-state index contributed by atoms with van der Waals surface area (Å²) in [5.41, 5.74) is 3.88. The molecule has 1 aliphatic rings. The molecule has 0 radical (unpaired) electrons. The summed E-state index contributed by atoms with van der Waals surface area (Å²) < 4.78 is 7.63.